The van der Waals surface area contributed by atoms with Crippen molar-refractivity contribution in [2.24, 2.45) is 0 Å². The molecule has 5 rings (SSSR count). The first-order valence-corrected chi connectivity index (χ1v) is 14.3. The van der Waals surface area contributed by atoms with Crippen molar-refractivity contribution in [3.63, 3.8) is 0 Å². The number of H-pyrrole nitrogens is 1. The van der Waals surface area contributed by atoms with Crippen LogP contribution in [0.5, 0.6) is 0 Å². The van der Waals surface area contributed by atoms with Crippen LogP contribution in [-0.2, 0) is 11.3 Å². The number of thiazole rings is 1. The Balaban J connectivity index is 1.23. The molecule has 2 N–H and O–H groups in total. The molecule has 0 bridgehead atoms. The number of rotatable bonds is 13. The zero-order valence-corrected chi connectivity index (χ0v) is 23.2. The molecule has 1 amide bonds. The topological polar surface area (TPSA) is 97.0 Å². The van der Waals surface area contributed by atoms with Gasteiger partial charge in [-0.15, -0.1) is 11.3 Å². The standard InChI is InChI=1S/C32H32N4O3S/c1-39-20-25-11-7-8-12-26(25)29(37)14-4-2-3-13-27(36-32(38)30-19-33-21-40-30)31-34-18-28(35-31)24-16-15-22-9-5-6-10-23(22)17-24/h5-12,15-19,21,27H,2-4,13-14,20H2,1H3,(H,34,35)(H,36,38)/t27-/m0/s1. The summed E-state index contributed by atoms with van der Waals surface area (Å²) >= 11 is 1.31. The van der Waals surface area contributed by atoms with Gasteiger partial charge in [0.2, 0.25) is 0 Å². The largest absolute Gasteiger partial charge is 0.380 e. The zero-order valence-electron chi connectivity index (χ0n) is 22.4. The lowest BCUT2D eigenvalue weighted by atomic mass is 9.99. The summed E-state index contributed by atoms with van der Waals surface area (Å²) in [4.78, 5) is 38.4. The van der Waals surface area contributed by atoms with E-state index < -0.39 is 0 Å². The maximum absolute atomic E-state index is 12.9. The number of nitrogens with zero attached hydrogens (tertiary/aromatic N) is 2. The molecule has 7 nitrogen and oxygen atoms in total. The van der Waals surface area contributed by atoms with Gasteiger partial charge in [-0.05, 0) is 35.2 Å². The maximum Gasteiger partial charge on any atom is 0.263 e. The fourth-order valence-corrected chi connectivity index (χ4v) is 5.39. The summed E-state index contributed by atoms with van der Waals surface area (Å²) in [5, 5.41) is 5.47. The van der Waals surface area contributed by atoms with Crippen LogP contribution < -0.4 is 5.32 Å². The van der Waals surface area contributed by atoms with Crippen LogP contribution in [0.25, 0.3) is 22.0 Å². The van der Waals surface area contributed by atoms with E-state index in [-0.39, 0.29) is 17.7 Å². The number of fused-ring (bicyclic) bond motifs is 1. The number of methoxy groups -OCH3 is 1. The summed E-state index contributed by atoms with van der Waals surface area (Å²) in [6.45, 7) is 0.424. The van der Waals surface area contributed by atoms with Gasteiger partial charge in [-0.1, -0.05) is 73.5 Å². The van der Waals surface area contributed by atoms with E-state index in [1.54, 1.807) is 18.8 Å². The minimum atomic E-state index is -0.290. The van der Waals surface area contributed by atoms with Crippen LogP contribution in [-0.4, -0.2) is 33.8 Å². The molecule has 2 heterocycles. The Kier molecular flexibility index (Phi) is 9.11. The Morgan fingerprint density at radius 3 is 2.62 bits per heavy atom. The molecule has 40 heavy (non-hydrogen) atoms. The molecule has 2 aromatic heterocycles. The van der Waals surface area contributed by atoms with E-state index in [2.05, 4.69) is 50.6 Å². The Morgan fingerprint density at radius 2 is 1.80 bits per heavy atom. The number of ether oxygens (including phenoxy) is 1. The summed E-state index contributed by atoms with van der Waals surface area (Å²) in [6.07, 6.45) is 7.05. The highest BCUT2D eigenvalue weighted by Crippen LogP contribution is 2.26. The summed E-state index contributed by atoms with van der Waals surface area (Å²) in [7, 11) is 1.63. The summed E-state index contributed by atoms with van der Waals surface area (Å²) in [6, 6.07) is 21.9. The predicted octanol–water partition coefficient (Wildman–Crippen LogP) is 7.14. The van der Waals surface area contributed by atoms with E-state index in [0.717, 1.165) is 47.0 Å². The van der Waals surface area contributed by atoms with Crippen LogP contribution in [0.3, 0.4) is 0 Å². The molecule has 0 aliphatic heterocycles. The lowest BCUT2D eigenvalue weighted by Gasteiger charge is -2.16. The number of benzene rings is 3. The van der Waals surface area contributed by atoms with Gasteiger partial charge in [0, 0.05) is 24.7 Å². The molecule has 3 aromatic carbocycles. The van der Waals surface area contributed by atoms with Crippen molar-refractivity contribution in [2.45, 2.75) is 44.8 Å². The first-order valence-electron chi connectivity index (χ1n) is 13.5. The Hall–Kier alpha value is -4.14. The number of carbonyl (C=O) groups excluding carboxylic acids is 2. The van der Waals surface area contributed by atoms with Crippen molar-refractivity contribution in [3.8, 4) is 11.3 Å². The minimum Gasteiger partial charge on any atom is -0.380 e. The van der Waals surface area contributed by atoms with E-state index in [0.29, 0.717) is 30.2 Å². The Bertz CT molecular complexity index is 1580. The number of imidazole rings is 1. The quantitative estimate of drug-likeness (QED) is 0.120. The number of hydrogen-bond donors (Lipinski definition) is 2. The molecule has 0 radical (unpaired) electrons. The molecule has 5 aromatic rings. The normalized spacial score (nSPS) is 11.9. The van der Waals surface area contributed by atoms with Crippen molar-refractivity contribution >= 4 is 33.8 Å². The third kappa shape index (κ3) is 6.70. The molecule has 8 heteroatoms. The Morgan fingerprint density at radius 1 is 0.975 bits per heavy atom. The van der Waals surface area contributed by atoms with Gasteiger partial charge < -0.3 is 15.0 Å². The molecular formula is C32H32N4O3S. The van der Waals surface area contributed by atoms with Crippen LogP contribution in [0.2, 0.25) is 0 Å². The van der Waals surface area contributed by atoms with Crippen LogP contribution in [0, 0.1) is 0 Å². The Labute approximate surface area is 237 Å². The van der Waals surface area contributed by atoms with Gasteiger partial charge in [0.25, 0.3) is 5.91 Å². The van der Waals surface area contributed by atoms with Gasteiger partial charge in [-0.3, -0.25) is 14.6 Å². The smallest absolute Gasteiger partial charge is 0.263 e. The van der Waals surface area contributed by atoms with Gasteiger partial charge in [-0.2, -0.15) is 0 Å². The summed E-state index contributed by atoms with van der Waals surface area (Å²) in [5.74, 6) is 0.681. The number of aromatic nitrogens is 3. The van der Waals surface area contributed by atoms with E-state index >= 15 is 0 Å². The molecule has 0 unspecified atom stereocenters. The molecule has 0 saturated carbocycles. The van der Waals surface area contributed by atoms with Gasteiger partial charge >= 0.3 is 0 Å². The first-order chi connectivity index (χ1) is 19.6. The monoisotopic (exact) mass is 552 g/mol. The molecule has 0 spiro atoms. The predicted molar refractivity (Wildman–Crippen MR) is 158 cm³/mol. The fourth-order valence-electron chi connectivity index (χ4n) is 4.87. The molecular weight excluding hydrogens is 520 g/mol. The highest BCUT2D eigenvalue weighted by Gasteiger charge is 2.20. The molecule has 0 saturated heterocycles. The molecule has 204 valence electrons. The SMILES string of the molecule is COCc1ccccc1C(=O)CCCCC[C@H](NC(=O)c1cncs1)c1ncc(-c2ccc3ccccc3c2)[nH]1. The molecule has 1 atom stereocenters. The van der Waals surface area contributed by atoms with Crippen LogP contribution in [0.1, 0.15) is 69.6 Å². The van der Waals surface area contributed by atoms with Crippen LogP contribution in [0.15, 0.2) is 84.6 Å². The fraction of sp³-hybridized carbons (Fsp3) is 0.250. The molecule has 0 fully saturated rings. The summed E-state index contributed by atoms with van der Waals surface area (Å²) in [5.41, 5.74) is 5.24. The number of ketones is 1. The number of unbranched alkanes of at least 4 members (excludes halogenated alkanes) is 2. The molecule has 0 aliphatic rings. The van der Waals surface area contributed by atoms with Gasteiger partial charge in [0.1, 0.15) is 10.7 Å². The summed E-state index contributed by atoms with van der Waals surface area (Å²) < 4.78 is 5.24. The number of carbonyl (C=O) groups is 2. The second kappa shape index (κ2) is 13.3. The first kappa shape index (κ1) is 27.4. The second-order valence-electron chi connectivity index (χ2n) is 9.75. The third-order valence-corrected chi connectivity index (χ3v) is 7.73. The van der Waals surface area contributed by atoms with Crippen molar-refractivity contribution in [1.82, 2.24) is 20.3 Å². The van der Waals surface area contributed by atoms with Crippen LogP contribution >= 0.6 is 11.3 Å². The third-order valence-electron chi connectivity index (χ3n) is 6.96. The number of aromatic amines is 1. The second-order valence-corrected chi connectivity index (χ2v) is 10.6. The highest BCUT2D eigenvalue weighted by molar-refractivity contribution is 7.11. The van der Waals surface area contributed by atoms with E-state index in [9.17, 15) is 9.59 Å². The average molecular weight is 553 g/mol. The van der Waals surface area contributed by atoms with Gasteiger partial charge in [0.15, 0.2) is 5.78 Å². The van der Waals surface area contributed by atoms with E-state index in [4.69, 9.17) is 4.74 Å². The minimum absolute atomic E-state index is 0.133. The van der Waals surface area contributed by atoms with E-state index in [1.807, 2.05) is 42.6 Å². The number of nitrogens with one attached hydrogen (secondary N) is 2. The zero-order chi connectivity index (χ0) is 27.7. The van der Waals surface area contributed by atoms with Crippen molar-refractivity contribution in [2.75, 3.05) is 7.11 Å². The van der Waals surface area contributed by atoms with Crippen molar-refractivity contribution < 1.29 is 14.3 Å². The van der Waals surface area contributed by atoms with E-state index in [1.165, 1.54) is 16.7 Å². The number of Topliss-reactive ketones (excluding diaryl/α,β-unsaturated/α-hetero) is 1. The number of amides is 1. The van der Waals surface area contributed by atoms with Crippen LogP contribution in [0.4, 0.5) is 0 Å². The number of hydrogen-bond acceptors (Lipinski definition) is 6. The van der Waals surface area contributed by atoms with Crippen molar-refractivity contribution in [1.29, 1.82) is 0 Å². The van der Waals surface area contributed by atoms with Gasteiger partial charge in [-0.25, -0.2) is 4.98 Å². The molecule has 0 aliphatic carbocycles. The lowest BCUT2D eigenvalue weighted by Crippen LogP contribution is -2.28. The average Bonchev–Trinajstić information content (AvgIpc) is 3.70. The van der Waals surface area contributed by atoms with Gasteiger partial charge in [0.05, 0.1) is 36.2 Å². The lowest BCUT2D eigenvalue weighted by molar-refractivity contribution is 0.0935. The maximum atomic E-state index is 12.9. The van der Waals surface area contributed by atoms with Crippen molar-refractivity contribution in [3.05, 3.63) is 106 Å². The highest BCUT2D eigenvalue weighted by atomic mass is 32.1.